The molecule has 2 nitrogen and oxygen atoms in total. The van der Waals surface area contributed by atoms with E-state index >= 15 is 0 Å². The molecule has 1 aromatic carbocycles. The second kappa shape index (κ2) is 5.28. The van der Waals surface area contributed by atoms with Gasteiger partial charge in [-0.1, -0.05) is 19.9 Å². The van der Waals surface area contributed by atoms with Crippen LogP contribution in [0.1, 0.15) is 31.4 Å². The van der Waals surface area contributed by atoms with Crippen LogP contribution in [0, 0.1) is 5.41 Å². The summed E-state index contributed by atoms with van der Waals surface area (Å²) in [6, 6.07) is 4.59. The van der Waals surface area contributed by atoms with Crippen molar-refractivity contribution in [2.75, 3.05) is 24.5 Å². The van der Waals surface area contributed by atoms with E-state index in [9.17, 15) is 13.2 Å². The molecule has 1 heterocycles. The zero-order valence-electron chi connectivity index (χ0n) is 11.9. The molecule has 0 aliphatic carbocycles. The first-order valence-electron chi connectivity index (χ1n) is 6.88. The maximum atomic E-state index is 13.3. The Morgan fingerprint density at radius 1 is 1.30 bits per heavy atom. The van der Waals surface area contributed by atoms with Gasteiger partial charge in [-0.3, -0.25) is 0 Å². The summed E-state index contributed by atoms with van der Waals surface area (Å²) >= 11 is 0. The van der Waals surface area contributed by atoms with Crippen molar-refractivity contribution in [2.45, 2.75) is 32.9 Å². The van der Waals surface area contributed by atoms with Crippen LogP contribution in [0.25, 0.3) is 0 Å². The molecule has 2 N–H and O–H groups in total. The minimum absolute atomic E-state index is 0.0683. The van der Waals surface area contributed by atoms with Gasteiger partial charge >= 0.3 is 6.18 Å². The topological polar surface area (TPSA) is 29.3 Å². The van der Waals surface area contributed by atoms with Crippen molar-refractivity contribution in [3.63, 3.8) is 0 Å². The SMILES string of the molecule is CC1(C)CCN(c2ccc(CCN)cc2C(F)(F)F)C1. The van der Waals surface area contributed by atoms with Crippen LogP contribution in [0.5, 0.6) is 0 Å². The molecule has 0 amide bonds. The molecular formula is C15H21F3N2. The first-order chi connectivity index (χ1) is 9.23. The molecule has 0 unspecified atom stereocenters. The predicted octanol–water partition coefficient (Wildman–Crippen LogP) is 3.44. The summed E-state index contributed by atoms with van der Waals surface area (Å²) in [5.74, 6) is 0. The molecule has 1 aliphatic heterocycles. The van der Waals surface area contributed by atoms with Crippen LogP contribution in [-0.4, -0.2) is 19.6 Å². The molecule has 1 fully saturated rings. The Hall–Kier alpha value is -1.23. The van der Waals surface area contributed by atoms with Crippen LogP contribution in [-0.2, 0) is 12.6 Å². The highest BCUT2D eigenvalue weighted by molar-refractivity contribution is 5.57. The highest BCUT2D eigenvalue weighted by Gasteiger charge is 2.38. The standard InChI is InChI=1S/C15H21F3N2/c1-14(2)6-8-20(10-14)13-4-3-11(5-7-19)9-12(13)15(16,17)18/h3-4,9H,5-8,10,19H2,1-2H3. The lowest BCUT2D eigenvalue weighted by molar-refractivity contribution is -0.137. The van der Waals surface area contributed by atoms with Gasteiger partial charge in [0.2, 0.25) is 0 Å². The summed E-state index contributed by atoms with van der Waals surface area (Å²) in [5.41, 5.74) is 5.89. The summed E-state index contributed by atoms with van der Waals surface area (Å²) < 4.78 is 39.8. The molecular weight excluding hydrogens is 265 g/mol. The molecule has 0 saturated carbocycles. The van der Waals surface area contributed by atoms with Crippen LogP contribution in [0.15, 0.2) is 18.2 Å². The highest BCUT2D eigenvalue weighted by Crippen LogP contribution is 2.41. The summed E-state index contributed by atoms with van der Waals surface area (Å²) in [4.78, 5) is 1.84. The minimum atomic E-state index is -4.33. The third-order valence-corrected chi connectivity index (χ3v) is 3.82. The van der Waals surface area contributed by atoms with E-state index in [-0.39, 0.29) is 5.41 Å². The third-order valence-electron chi connectivity index (χ3n) is 3.82. The van der Waals surface area contributed by atoms with Gasteiger partial charge in [0.25, 0.3) is 0 Å². The average Bonchev–Trinajstić information content (AvgIpc) is 2.69. The fourth-order valence-electron chi connectivity index (χ4n) is 2.73. The van der Waals surface area contributed by atoms with Gasteiger partial charge in [0.1, 0.15) is 0 Å². The molecule has 1 aromatic rings. The van der Waals surface area contributed by atoms with Gasteiger partial charge < -0.3 is 10.6 Å². The summed E-state index contributed by atoms with van der Waals surface area (Å²) in [7, 11) is 0. The first-order valence-corrected chi connectivity index (χ1v) is 6.88. The van der Waals surface area contributed by atoms with E-state index in [1.165, 1.54) is 6.07 Å². The van der Waals surface area contributed by atoms with Crippen LogP contribution in [0.2, 0.25) is 0 Å². The van der Waals surface area contributed by atoms with E-state index in [2.05, 4.69) is 13.8 Å². The first kappa shape index (κ1) is 15.2. The van der Waals surface area contributed by atoms with Gasteiger partial charge in [-0.2, -0.15) is 13.2 Å². The zero-order valence-corrected chi connectivity index (χ0v) is 11.9. The van der Waals surface area contributed by atoms with E-state index < -0.39 is 11.7 Å². The maximum absolute atomic E-state index is 13.3. The van der Waals surface area contributed by atoms with Gasteiger partial charge in [0.05, 0.1) is 5.56 Å². The number of hydrogen-bond acceptors (Lipinski definition) is 2. The molecule has 2 rings (SSSR count). The molecule has 0 bridgehead atoms. The average molecular weight is 286 g/mol. The van der Waals surface area contributed by atoms with Gasteiger partial charge in [-0.15, -0.1) is 0 Å². The fourth-order valence-corrected chi connectivity index (χ4v) is 2.73. The Labute approximate surface area is 117 Å². The molecule has 0 aromatic heterocycles. The molecule has 1 aliphatic rings. The Morgan fingerprint density at radius 2 is 2.00 bits per heavy atom. The van der Waals surface area contributed by atoms with E-state index in [0.29, 0.717) is 37.3 Å². The zero-order chi connectivity index (χ0) is 15.0. The minimum Gasteiger partial charge on any atom is -0.370 e. The largest absolute Gasteiger partial charge is 0.418 e. The van der Waals surface area contributed by atoms with Gasteiger partial charge in [0.15, 0.2) is 0 Å². The van der Waals surface area contributed by atoms with Crippen molar-refractivity contribution in [1.82, 2.24) is 0 Å². The van der Waals surface area contributed by atoms with E-state index in [1.807, 2.05) is 4.90 Å². The Morgan fingerprint density at radius 3 is 2.50 bits per heavy atom. The molecule has 20 heavy (non-hydrogen) atoms. The molecule has 112 valence electrons. The van der Waals surface area contributed by atoms with Crippen LogP contribution in [0.3, 0.4) is 0 Å². The number of halogens is 3. The van der Waals surface area contributed by atoms with E-state index in [0.717, 1.165) is 6.42 Å². The number of benzene rings is 1. The quantitative estimate of drug-likeness (QED) is 0.922. The maximum Gasteiger partial charge on any atom is 0.418 e. The molecule has 0 spiro atoms. The van der Waals surface area contributed by atoms with Gasteiger partial charge in [0, 0.05) is 18.8 Å². The predicted molar refractivity (Wildman–Crippen MR) is 74.8 cm³/mol. The van der Waals surface area contributed by atoms with Crippen molar-refractivity contribution in [3.05, 3.63) is 29.3 Å². The monoisotopic (exact) mass is 286 g/mol. The fraction of sp³-hybridized carbons (Fsp3) is 0.600. The van der Waals surface area contributed by atoms with Crippen LogP contribution < -0.4 is 10.6 Å². The second-order valence-electron chi connectivity index (χ2n) is 6.22. The summed E-state index contributed by atoms with van der Waals surface area (Å²) in [6.45, 7) is 5.86. The lowest BCUT2D eigenvalue weighted by Crippen LogP contribution is -2.25. The Balaban J connectivity index is 2.37. The summed E-state index contributed by atoms with van der Waals surface area (Å²) in [5, 5.41) is 0. The van der Waals surface area contributed by atoms with E-state index in [1.54, 1.807) is 12.1 Å². The molecule has 0 radical (unpaired) electrons. The van der Waals surface area contributed by atoms with E-state index in [4.69, 9.17) is 5.73 Å². The number of rotatable bonds is 3. The summed E-state index contributed by atoms with van der Waals surface area (Å²) in [6.07, 6.45) is -2.95. The Bertz CT molecular complexity index is 480. The molecule has 1 saturated heterocycles. The number of alkyl halides is 3. The van der Waals surface area contributed by atoms with Crippen LogP contribution >= 0.6 is 0 Å². The smallest absolute Gasteiger partial charge is 0.370 e. The lowest BCUT2D eigenvalue weighted by Gasteiger charge is -2.25. The number of anilines is 1. The van der Waals surface area contributed by atoms with Crippen LogP contribution in [0.4, 0.5) is 18.9 Å². The molecule has 0 atom stereocenters. The van der Waals surface area contributed by atoms with Crippen molar-refractivity contribution in [3.8, 4) is 0 Å². The number of hydrogen-bond donors (Lipinski definition) is 1. The van der Waals surface area contributed by atoms with Gasteiger partial charge in [-0.25, -0.2) is 0 Å². The normalized spacial score (nSPS) is 18.6. The van der Waals surface area contributed by atoms with Crippen molar-refractivity contribution >= 4 is 5.69 Å². The number of nitrogens with two attached hydrogens (primary N) is 1. The van der Waals surface area contributed by atoms with Crippen molar-refractivity contribution in [2.24, 2.45) is 11.1 Å². The third kappa shape index (κ3) is 3.26. The lowest BCUT2D eigenvalue weighted by atomic mass is 9.93. The second-order valence-corrected chi connectivity index (χ2v) is 6.22. The van der Waals surface area contributed by atoms with Crippen molar-refractivity contribution < 1.29 is 13.2 Å². The molecule has 5 heteroatoms. The highest BCUT2D eigenvalue weighted by atomic mass is 19.4. The van der Waals surface area contributed by atoms with Gasteiger partial charge in [-0.05, 0) is 42.5 Å². The van der Waals surface area contributed by atoms with Crippen molar-refractivity contribution in [1.29, 1.82) is 0 Å². The number of nitrogens with zero attached hydrogens (tertiary/aromatic N) is 1. The Kier molecular flexibility index (Phi) is 4.00.